The Kier molecular flexibility index (Phi) is 4.43. The number of nitrogens with one attached hydrogen (secondary N) is 1. The number of aliphatic carboxylic acids is 1. The van der Waals surface area contributed by atoms with Gasteiger partial charge in [-0.15, -0.1) is 0 Å². The molecule has 6 nitrogen and oxygen atoms in total. The van der Waals surface area contributed by atoms with Gasteiger partial charge >= 0.3 is 5.97 Å². The van der Waals surface area contributed by atoms with Gasteiger partial charge in [0.25, 0.3) is 5.91 Å². The van der Waals surface area contributed by atoms with Gasteiger partial charge in [-0.25, -0.2) is 4.79 Å². The predicted molar refractivity (Wildman–Crippen MR) is 93.8 cm³/mol. The highest BCUT2D eigenvalue weighted by molar-refractivity contribution is 6.07. The fourth-order valence-corrected chi connectivity index (χ4v) is 2.79. The predicted octanol–water partition coefficient (Wildman–Crippen LogP) is 2.74. The number of carbonyl (C=O) groups is 2. The van der Waals surface area contributed by atoms with Crippen molar-refractivity contribution in [1.29, 1.82) is 0 Å². The lowest BCUT2D eigenvalue weighted by molar-refractivity contribution is -0.139. The Morgan fingerprint density at radius 1 is 1.12 bits per heavy atom. The van der Waals surface area contributed by atoms with E-state index in [0.29, 0.717) is 16.9 Å². The number of hydrogen-bond acceptors (Lipinski definition) is 3. The zero-order valence-corrected chi connectivity index (χ0v) is 13.9. The highest BCUT2D eigenvalue weighted by atomic mass is 16.5. The number of hydrogen-bond donors (Lipinski definition) is 2. The van der Waals surface area contributed by atoms with Gasteiger partial charge in [-0.05, 0) is 35.9 Å². The number of amides is 1. The molecule has 1 atom stereocenters. The summed E-state index contributed by atoms with van der Waals surface area (Å²) in [6.45, 7) is 0. The number of methoxy groups -OCH3 is 1. The van der Waals surface area contributed by atoms with Crippen molar-refractivity contribution in [2.24, 2.45) is 7.05 Å². The van der Waals surface area contributed by atoms with Crippen LogP contribution in [0.2, 0.25) is 0 Å². The van der Waals surface area contributed by atoms with Crippen LogP contribution in [-0.4, -0.2) is 28.7 Å². The van der Waals surface area contributed by atoms with Crippen LogP contribution in [0.4, 0.5) is 0 Å². The first-order chi connectivity index (χ1) is 12.0. The van der Waals surface area contributed by atoms with Gasteiger partial charge in [0.05, 0.1) is 7.11 Å². The molecule has 25 heavy (non-hydrogen) atoms. The summed E-state index contributed by atoms with van der Waals surface area (Å²) >= 11 is 0. The molecule has 1 aromatic heterocycles. The highest BCUT2D eigenvalue weighted by Crippen LogP contribution is 2.22. The van der Waals surface area contributed by atoms with E-state index < -0.39 is 17.9 Å². The van der Waals surface area contributed by atoms with E-state index in [0.717, 1.165) is 10.9 Å². The van der Waals surface area contributed by atoms with E-state index in [1.807, 2.05) is 29.9 Å². The first kappa shape index (κ1) is 16.6. The monoisotopic (exact) mass is 338 g/mol. The summed E-state index contributed by atoms with van der Waals surface area (Å²) in [5, 5.41) is 12.9. The minimum absolute atomic E-state index is 0.431. The number of aryl methyl sites for hydroxylation is 1. The number of carboxylic acids is 1. The molecule has 3 rings (SSSR count). The fourth-order valence-electron chi connectivity index (χ4n) is 2.79. The molecule has 0 fully saturated rings. The molecule has 0 saturated carbocycles. The van der Waals surface area contributed by atoms with Gasteiger partial charge in [0, 0.05) is 29.7 Å². The van der Waals surface area contributed by atoms with Crippen LogP contribution in [-0.2, 0) is 11.8 Å². The molecule has 2 aromatic carbocycles. The van der Waals surface area contributed by atoms with Crippen molar-refractivity contribution in [3.05, 3.63) is 65.9 Å². The first-order valence-electron chi connectivity index (χ1n) is 7.73. The minimum atomic E-state index is -1.14. The quantitative estimate of drug-likeness (QED) is 0.749. The Labute approximate surface area is 144 Å². The van der Waals surface area contributed by atoms with Crippen molar-refractivity contribution >= 4 is 22.8 Å². The van der Waals surface area contributed by atoms with Crippen LogP contribution >= 0.6 is 0 Å². The minimum Gasteiger partial charge on any atom is -0.497 e. The zero-order chi connectivity index (χ0) is 18.0. The lowest BCUT2D eigenvalue weighted by Gasteiger charge is -2.16. The van der Waals surface area contributed by atoms with Crippen LogP contribution in [0, 0.1) is 0 Å². The van der Waals surface area contributed by atoms with E-state index >= 15 is 0 Å². The van der Waals surface area contributed by atoms with Gasteiger partial charge in [-0.3, -0.25) is 4.79 Å². The average molecular weight is 338 g/mol. The van der Waals surface area contributed by atoms with E-state index in [1.54, 1.807) is 36.4 Å². The van der Waals surface area contributed by atoms with Crippen molar-refractivity contribution in [2.75, 3.05) is 7.11 Å². The maximum Gasteiger partial charge on any atom is 0.330 e. The molecule has 0 aliphatic carbocycles. The molecule has 3 aromatic rings. The maximum atomic E-state index is 12.7. The normalized spacial score (nSPS) is 11.9. The molecule has 0 saturated heterocycles. The second-order valence-electron chi connectivity index (χ2n) is 5.68. The van der Waals surface area contributed by atoms with Crippen molar-refractivity contribution in [1.82, 2.24) is 9.88 Å². The SMILES string of the molecule is COc1ccc(C(NC(=O)c2cccc3c2ccn3C)C(=O)O)cc1. The third-order valence-electron chi connectivity index (χ3n) is 4.14. The van der Waals surface area contributed by atoms with Crippen LogP contribution in [0.1, 0.15) is 22.0 Å². The molecule has 1 unspecified atom stereocenters. The average Bonchev–Trinajstić information content (AvgIpc) is 3.00. The number of nitrogens with zero attached hydrogens (tertiary/aromatic N) is 1. The number of benzene rings is 2. The fraction of sp³-hybridized carbons (Fsp3) is 0.158. The van der Waals surface area contributed by atoms with Gasteiger partial charge in [0.15, 0.2) is 6.04 Å². The zero-order valence-electron chi connectivity index (χ0n) is 13.9. The van der Waals surface area contributed by atoms with E-state index in [1.165, 1.54) is 7.11 Å². The van der Waals surface area contributed by atoms with Crippen molar-refractivity contribution in [2.45, 2.75) is 6.04 Å². The molecule has 1 heterocycles. The summed E-state index contributed by atoms with van der Waals surface area (Å²) in [6.07, 6.45) is 1.86. The van der Waals surface area contributed by atoms with Crippen LogP contribution in [0.3, 0.4) is 0 Å². The topological polar surface area (TPSA) is 80.6 Å². The summed E-state index contributed by atoms with van der Waals surface area (Å²) in [5.41, 5.74) is 1.82. The van der Waals surface area contributed by atoms with Crippen molar-refractivity contribution in [3.63, 3.8) is 0 Å². The van der Waals surface area contributed by atoms with Gasteiger partial charge in [-0.2, -0.15) is 0 Å². The van der Waals surface area contributed by atoms with Gasteiger partial charge < -0.3 is 19.7 Å². The number of ether oxygens (including phenoxy) is 1. The molecule has 0 bridgehead atoms. The summed E-state index contributed by atoms with van der Waals surface area (Å²) in [6, 6.07) is 12.6. The van der Waals surface area contributed by atoms with Crippen LogP contribution < -0.4 is 10.1 Å². The number of carboxylic acid groups (broad SMARTS) is 1. The molecule has 6 heteroatoms. The summed E-state index contributed by atoms with van der Waals surface area (Å²) in [5.74, 6) is -0.938. The van der Waals surface area contributed by atoms with Crippen LogP contribution in [0.25, 0.3) is 10.9 Å². The summed E-state index contributed by atoms with van der Waals surface area (Å²) < 4.78 is 6.98. The largest absolute Gasteiger partial charge is 0.497 e. The number of fused-ring (bicyclic) bond motifs is 1. The smallest absolute Gasteiger partial charge is 0.330 e. The van der Waals surface area contributed by atoms with Gasteiger partial charge in [-0.1, -0.05) is 18.2 Å². The molecule has 0 aliphatic rings. The molecule has 2 N–H and O–H groups in total. The van der Waals surface area contributed by atoms with E-state index in [9.17, 15) is 14.7 Å². The number of rotatable bonds is 5. The lowest BCUT2D eigenvalue weighted by Crippen LogP contribution is -2.33. The number of carbonyl (C=O) groups excluding carboxylic acids is 1. The third-order valence-corrected chi connectivity index (χ3v) is 4.14. The Morgan fingerprint density at radius 3 is 2.48 bits per heavy atom. The molecule has 1 amide bonds. The van der Waals surface area contributed by atoms with Gasteiger partial charge in [0.1, 0.15) is 5.75 Å². The Balaban J connectivity index is 1.91. The molecular formula is C19H18N2O4. The van der Waals surface area contributed by atoms with Gasteiger partial charge in [0.2, 0.25) is 0 Å². The second kappa shape index (κ2) is 6.68. The van der Waals surface area contributed by atoms with E-state index in [4.69, 9.17) is 4.74 Å². The van der Waals surface area contributed by atoms with Crippen molar-refractivity contribution in [3.8, 4) is 5.75 Å². The number of aromatic nitrogens is 1. The summed E-state index contributed by atoms with van der Waals surface area (Å²) in [7, 11) is 3.42. The highest BCUT2D eigenvalue weighted by Gasteiger charge is 2.23. The van der Waals surface area contributed by atoms with E-state index in [2.05, 4.69) is 5.32 Å². The molecule has 0 spiro atoms. The molecule has 0 aliphatic heterocycles. The van der Waals surface area contributed by atoms with E-state index in [-0.39, 0.29) is 0 Å². The second-order valence-corrected chi connectivity index (χ2v) is 5.68. The van der Waals surface area contributed by atoms with Crippen LogP contribution in [0.15, 0.2) is 54.7 Å². The lowest BCUT2D eigenvalue weighted by atomic mass is 10.0. The Hall–Kier alpha value is -3.28. The Morgan fingerprint density at radius 2 is 1.84 bits per heavy atom. The molecule has 128 valence electrons. The van der Waals surface area contributed by atoms with Crippen LogP contribution in [0.5, 0.6) is 5.75 Å². The summed E-state index contributed by atoms with van der Waals surface area (Å²) in [4.78, 5) is 24.3. The van der Waals surface area contributed by atoms with Crippen molar-refractivity contribution < 1.29 is 19.4 Å². The standard InChI is InChI=1S/C19H18N2O4/c1-21-11-10-14-15(4-3-5-16(14)21)18(22)20-17(19(23)24)12-6-8-13(25-2)9-7-12/h3-11,17H,1-2H3,(H,20,22)(H,23,24). The first-order valence-corrected chi connectivity index (χ1v) is 7.73. The molecular weight excluding hydrogens is 320 g/mol. The third kappa shape index (κ3) is 3.19. The molecule has 0 radical (unpaired) electrons. The maximum absolute atomic E-state index is 12.7. The Bertz CT molecular complexity index is 928.